The summed E-state index contributed by atoms with van der Waals surface area (Å²) in [4.78, 5) is 40.4. The number of amides is 3. The minimum absolute atomic E-state index is 0.0134. The molecule has 216 valence electrons. The van der Waals surface area contributed by atoms with Crippen LogP contribution in [0.1, 0.15) is 60.2 Å². The van der Waals surface area contributed by atoms with Crippen molar-refractivity contribution in [3.05, 3.63) is 45.1 Å². The zero-order chi connectivity index (χ0) is 28.2. The number of anilines is 2. The van der Waals surface area contributed by atoms with Gasteiger partial charge in [0, 0.05) is 36.1 Å². The maximum atomic E-state index is 14.1. The molecule has 2 heterocycles. The highest BCUT2D eigenvalue weighted by molar-refractivity contribution is 7.18. The van der Waals surface area contributed by atoms with Gasteiger partial charge in [-0.3, -0.25) is 14.4 Å². The van der Waals surface area contributed by atoms with E-state index in [-0.39, 0.29) is 48.8 Å². The van der Waals surface area contributed by atoms with Gasteiger partial charge in [-0.15, -0.1) is 11.3 Å². The van der Waals surface area contributed by atoms with Crippen LogP contribution in [-0.2, 0) is 14.3 Å². The number of halogens is 3. The van der Waals surface area contributed by atoms with Gasteiger partial charge in [0.2, 0.25) is 5.91 Å². The van der Waals surface area contributed by atoms with E-state index in [1.807, 2.05) is 0 Å². The highest BCUT2D eigenvalue weighted by Gasteiger charge is 2.38. The van der Waals surface area contributed by atoms with Crippen LogP contribution in [0.5, 0.6) is 0 Å². The van der Waals surface area contributed by atoms with Crippen LogP contribution in [0.3, 0.4) is 0 Å². The molecule has 5 rings (SSSR count). The molecule has 1 aliphatic heterocycles. The van der Waals surface area contributed by atoms with Gasteiger partial charge >= 0.3 is 0 Å². The van der Waals surface area contributed by atoms with Gasteiger partial charge in [0.1, 0.15) is 12.6 Å². The Bertz CT molecular complexity index is 1220. The Morgan fingerprint density at radius 1 is 1.10 bits per heavy atom. The molecule has 0 unspecified atom stereocenters. The number of carbonyl (C=O) groups excluding carboxylic acids is 3. The summed E-state index contributed by atoms with van der Waals surface area (Å²) in [7, 11) is 0. The second-order valence-corrected chi connectivity index (χ2v) is 12.3. The summed E-state index contributed by atoms with van der Waals surface area (Å²) >= 11 is 7.11. The maximum absolute atomic E-state index is 14.1. The van der Waals surface area contributed by atoms with Crippen molar-refractivity contribution in [3.8, 4) is 0 Å². The number of hydrogen-bond donors (Lipinski definition) is 3. The number of ether oxygens (including phenoxy) is 1. The highest BCUT2D eigenvalue weighted by atomic mass is 35.5. The smallest absolute Gasteiger partial charge is 0.265 e. The van der Waals surface area contributed by atoms with Crippen LogP contribution >= 0.6 is 22.9 Å². The summed E-state index contributed by atoms with van der Waals surface area (Å²) in [5.41, 5.74) is -0.0830. The molecule has 8 nitrogen and oxygen atoms in total. The van der Waals surface area contributed by atoms with Crippen LogP contribution in [-0.4, -0.2) is 56.1 Å². The van der Waals surface area contributed by atoms with Gasteiger partial charge in [-0.05, 0) is 67.9 Å². The highest BCUT2D eigenvalue weighted by Crippen LogP contribution is 2.40. The van der Waals surface area contributed by atoms with E-state index in [9.17, 15) is 23.2 Å². The number of rotatable bonds is 11. The molecule has 3 aliphatic rings. The summed E-state index contributed by atoms with van der Waals surface area (Å²) < 4.78 is 33.9. The van der Waals surface area contributed by atoms with Crippen molar-refractivity contribution in [2.75, 3.05) is 36.5 Å². The molecule has 40 heavy (non-hydrogen) atoms. The molecule has 0 bridgehead atoms. The first-order valence-electron chi connectivity index (χ1n) is 13.7. The minimum atomic E-state index is -2.88. The second-order valence-electron chi connectivity index (χ2n) is 10.6. The molecule has 1 atom stereocenters. The Kier molecular flexibility index (Phi) is 9.34. The Labute approximate surface area is 240 Å². The third kappa shape index (κ3) is 6.64. The SMILES string of the molecule is O=C(NC[C@H](NC(C1CCC1)C1CCC1)C(=O)Nc1ccc(N2CCOCC2=O)cc1C(F)F)c1ccc(Cl)s1. The fourth-order valence-electron chi connectivity index (χ4n) is 5.46. The summed E-state index contributed by atoms with van der Waals surface area (Å²) in [6.45, 7) is 0.453. The van der Waals surface area contributed by atoms with Crippen molar-refractivity contribution in [2.45, 2.75) is 57.0 Å². The predicted molar refractivity (Wildman–Crippen MR) is 150 cm³/mol. The quantitative estimate of drug-likeness (QED) is 0.340. The van der Waals surface area contributed by atoms with Crippen molar-refractivity contribution >= 4 is 52.0 Å². The topological polar surface area (TPSA) is 99.8 Å². The predicted octanol–water partition coefficient (Wildman–Crippen LogP) is 5.00. The van der Waals surface area contributed by atoms with Gasteiger partial charge in [-0.25, -0.2) is 8.78 Å². The van der Waals surface area contributed by atoms with Gasteiger partial charge in [-0.1, -0.05) is 24.4 Å². The molecular weight excluding hydrogens is 562 g/mol. The average molecular weight is 595 g/mol. The first kappa shape index (κ1) is 28.9. The van der Waals surface area contributed by atoms with Crippen molar-refractivity contribution in [2.24, 2.45) is 11.8 Å². The van der Waals surface area contributed by atoms with Gasteiger partial charge in [0.05, 0.1) is 15.8 Å². The van der Waals surface area contributed by atoms with E-state index in [1.165, 1.54) is 17.0 Å². The van der Waals surface area contributed by atoms with E-state index in [1.54, 1.807) is 18.2 Å². The molecule has 12 heteroatoms. The summed E-state index contributed by atoms with van der Waals surface area (Å²) in [5.74, 6) is -0.268. The molecular formula is C28H33ClF2N4O4S. The first-order valence-corrected chi connectivity index (χ1v) is 14.9. The van der Waals surface area contributed by atoms with E-state index in [4.69, 9.17) is 16.3 Å². The van der Waals surface area contributed by atoms with Crippen LogP contribution in [0.15, 0.2) is 30.3 Å². The van der Waals surface area contributed by atoms with Crippen LogP contribution in [0.25, 0.3) is 0 Å². The lowest BCUT2D eigenvalue weighted by atomic mass is 9.68. The average Bonchev–Trinajstić information content (AvgIpc) is 3.31. The lowest BCUT2D eigenvalue weighted by Crippen LogP contribution is -2.57. The lowest BCUT2D eigenvalue weighted by molar-refractivity contribution is -0.125. The summed E-state index contributed by atoms with van der Waals surface area (Å²) in [5, 5.41) is 8.99. The number of benzene rings is 1. The third-order valence-electron chi connectivity index (χ3n) is 8.11. The van der Waals surface area contributed by atoms with Gasteiger partial charge in [0.15, 0.2) is 0 Å². The van der Waals surface area contributed by atoms with Crippen LogP contribution in [0.4, 0.5) is 20.2 Å². The molecule has 1 saturated heterocycles. The molecule has 3 amide bonds. The summed E-state index contributed by atoms with van der Waals surface area (Å²) in [6.07, 6.45) is 3.76. The van der Waals surface area contributed by atoms with E-state index < -0.39 is 18.4 Å². The summed E-state index contributed by atoms with van der Waals surface area (Å²) in [6, 6.07) is 6.71. The van der Waals surface area contributed by atoms with Gasteiger partial charge < -0.3 is 25.6 Å². The first-order chi connectivity index (χ1) is 19.3. The van der Waals surface area contributed by atoms with E-state index >= 15 is 0 Å². The maximum Gasteiger partial charge on any atom is 0.265 e. The molecule has 3 fully saturated rings. The number of alkyl halides is 2. The van der Waals surface area contributed by atoms with Crippen LogP contribution in [0.2, 0.25) is 4.34 Å². The number of carbonyl (C=O) groups is 3. The second kappa shape index (κ2) is 12.9. The number of thiophene rings is 1. The minimum Gasteiger partial charge on any atom is -0.370 e. The van der Waals surface area contributed by atoms with Crippen LogP contribution < -0.4 is 20.9 Å². The number of morpholine rings is 1. The molecule has 0 radical (unpaired) electrons. The monoisotopic (exact) mass is 594 g/mol. The zero-order valence-corrected chi connectivity index (χ0v) is 23.5. The normalized spacial score (nSPS) is 18.9. The van der Waals surface area contributed by atoms with Crippen molar-refractivity contribution in [1.29, 1.82) is 0 Å². The Hall–Kier alpha value is -2.60. The van der Waals surface area contributed by atoms with E-state index in [0.29, 0.717) is 33.3 Å². The fourth-order valence-corrected chi connectivity index (χ4v) is 6.42. The molecule has 3 N–H and O–H groups in total. The Balaban J connectivity index is 1.34. The standard InChI is InChI=1S/C28H33ClF2N4O4S/c29-23-10-9-22(40-23)28(38)32-14-21(33-25(16-3-1-4-16)17-5-2-6-17)27(37)34-20-8-7-18(13-19(20)26(30)31)35-11-12-39-15-24(35)36/h7-10,13,16-17,21,25-26,33H,1-6,11-12,14-15H2,(H,32,38)(H,34,37)/t21-/m0/s1. The molecule has 2 aromatic rings. The molecule has 0 spiro atoms. The van der Waals surface area contributed by atoms with Gasteiger partial charge in [-0.2, -0.15) is 0 Å². The molecule has 2 aliphatic carbocycles. The third-order valence-corrected chi connectivity index (χ3v) is 9.34. The number of hydrogen-bond acceptors (Lipinski definition) is 6. The largest absolute Gasteiger partial charge is 0.370 e. The van der Waals surface area contributed by atoms with Crippen LogP contribution in [0, 0.1) is 11.8 Å². The number of nitrogens with one attached hydrogen (secondary N) is 3. The molecule has 2 saturated carbocycles. The Morgan fingerprint density at radius 3 is 2.40 bits per heavy atom. The Morgan fingerprint density at radius 2 is 1.82 bits per heavy atom. The van der Waals surface area contributed by atoms with Crippen molar-refractivity contribution in [3.63, 3.8) is 0 Å². The van der Waals surface area contributed by atoms with Crippen molar-refractivity contribution in [1.82, 2.24) is 10.6 Å². The van der Waals surface area contributed by atoms with Gasteiger partial charge in [0.25, 0.3) is 18.2 Å². The van der Waals surface area contributed by atoms with Crippen molar-refractivity contribution < 1.29 is 27.9 Å². The lowest BCUT2D eigenvalue weighted by Gasteiger charge is -2.44. The van der Waals surface area contributed by atoms with E-state index in [2.05, 4.69) is 16.0 Å². The number of nitrogens with zero attached hydrogens (tertiary/aromatic N) is 1. The molecule has 1 aromatic carbocycles. The van der Waals surface area contributed by atoms with E-state index in [0.717, 1.165) is 49.9 Å². The zero-order valence-electron chi connectivity index (χ0n) is 22.0. The fraction of sp³-hybridized carbons (Fsp3) is 0.536. The molecule has 1 aromatic heterocycles.